The molecule has 0 saturated carbocycles. The number of nitrogens with one attached hydrogen (secondary N) is 2. The van der Waals surface area contributed by atoms with Gasteiger partial charge in [-0.25, -0.2) is 9.97 Å². The van der Waals surface area contributed by atoms with Crippen LogP contribution in [0.15, 0.2) is 12.5 Å². The van der Waals surface area contributed by atoms with Crippen LogP contribution in [0.3, 0.4) is 0 Å². The second-order valence-corrected chi connectivity index (χ2v) is 4.34. The second kappa shape index (κ2) is 7.97. The summed E-state index contributed by atoms with van der Waals surface area (Å²) < 4.78 is 4.99. The first kappa shape index (κ1) is 13.9. The van der Waals surface area contributed by atoms with Crippen LogP contribution >= 0.6 is 0 Å². The summed E-state index contributed by atoms with van der Waals surface area (Å²) in [6.07, 6.45) is 3.40. The Morgan fingerprint density at radius 3 is 2.94 bits per heavy atom. The number of ether oxygens (including phenoxy) is 1. The Morgan fingerprint density at radius 1 is 1.41 bits per heavy atom. The van der Waals surface area contributed by atoms with E-state index in [1.165, 1.54) is 0 Å². The minimum Gasteiger partial charge on any atom is -0.383 e. The summed E-state index contributed by atoms with van der Waals surface area (Å²) in [5.41, 5.74) is 1.09. The molecule has 0 aliphatic rings. The molecular weight excluding hydrogens is 216 g/mol. The van der Waals surface area contributed by atoms with Crippen molar-refractivity contribution in [2.75, 3.05) is 32.1 Å². The van der Waals surface area contributed by atoms with E-state index < -0.39 is 0 Å². The van der Waals surface area contributed by atoms with Crippen molar-refractivity contribution in [1.82, 2.24) is 15.3 Å². The lowest BCUT2D eigenvalue weighted by Crippen LogP contribution is -2.20. The molecule has 17 heavy (non-hydrogen) atoms. The zero-order valence-electron chi connectivity index (χ0n) is 10.9. The molecule has 0 aliphatic carbocycles. The molecule has 0 aliphatic heterocycles. The smallest absolute Gasteiger partial charge is 0.133 e. The highest BCUT2D eigenvalue weighted by molar-refractivity contribution is 5.41. The normalized spacial score (nSPS) is 10.8. The minimum absolute atomic E-state index is 0.643. The lowest BCUT2D eigenvalue weighted by atomic mass is 10.2. The summed E-state index contributed by atoms with van der Waals surface area (Å²) in [6, 6.07) is 0. The van der Waals surface area contributed by atoms with E-state index in [0.29, 0.717) is 12.5 Å². The Balaban J connectivity index is 2.46. The van der Waals surface area contributed by atoms with Gasteiger partial charge in [-0.15, -0.1) is 0 Å². The van der Waals surface area contributed by atoms with Gasteiger partial charge in [-0.1, -0.05) is 13.8 Å². The largest absolute Gasteiger partial charge is 0.383 e. The average Bonchev–Trinajstić information content (AvgIpc) is 2.31. The molecule has 0 amide bonds. The highest BCUT2D eigenvalue weighted by Gasteiger charge is 2.03. The van der Waals surface area contributed by atoms with Crippen LogP contribution in [0.1, 0.15) is 19.4 Å². The van der Waals surface area contributed by atoms with Crippen LogP contribution in [0, 0.1) is 5.92 Å². The molecule has 1 rings (SSSR count). The summed E-state index contributed by atoms with van der Waals surface area (Å²) >= 11 is 0. The fourth-order valence-corrected chi connectivity index (χ4v) is 1.41. The zero-order valence-corrected chi connectivity index (χ0v) is 10.9. The summed E-state index contributed by atoms with van der Waals surface area (Å²) in [4.78, 5) is 8.28. The van der Waals surface area contributed by atoms with Gasteiger partial charge in [0.1, 0.15) is 12.1 Å². The van der Waals surface area contributed by atoms with Gasteiger partial charge in [-0.05, 0) is 12.5 Å². The van der Waals surface area contributed by atoms with Gasteiger partial charge in [0.05, 0.1) is 6.61 Å². The number of aromatic nitrogens is 2. The molecule has 0 bridgehead atoms. The first-order chi connectivity index (χ1) is 8.24. The van der Waals surface area contributed by atoms with Crippen LogP contribution in [0.4, 0.5) is 5.82 Å². The highest BCUT2D eigenvalue weighted by atomic mass is 16.5. The molecule has 0 unspecified atom stereocenters. The van der Waals surface area contributed by atoms with Crippen LogP contribution in [0.2, 0.25) is 0 Å². The maximum absolute atomic E-state index is 4.99. The van der Waals surface area contributed by atoms with Crippen molar-refractivity contribution in [3.63, 3.8) is 0 Å². The van der Waals surface area contributed by atoms with Crippen molar-refractivity contribution in [2.45, 2.75) is 20.4 Å². The van der Waals surface area contributed by atoms with Gasteiger partial charge in [0.15, 0.2) is 0 Å². The third kappa shape index (κ3) is 5.60. The van der Waals surface area contributed by atoms with Gasteiger partial charge >= 0.3 is 0 Å². The summed E-state index contributed by atoms with van der Waals surface area (Å²) in [5, 5.41) is 6.62. The van der Waals surface area contributed by atoms with Crippen molar-refractivity contribution >= 4 is 5.82 Å². The SMILES string of the molecule is COCCNc1ncncc1CNCC(C)C. The van der Waals surface area contributed by atoms with E-state index >= 15 is 0 Å². The number of hydrogen-bond acceptors (Lipinski definition) is 5. The number of anilines is 1. The molecule has 1 aromatic heterocycles. The molecule has 1 heterocycles. The number of rotatable bonds is 8. The van der Waals surface area contributed by atoms with E-state index in [1.54, 1.807) is 13.4 Å². The minimum atomic E-state index is 0.643. The summed E-state index contributed by atoms with van der Waals surface area (Å²) in [6.45, 7) is 7.58. The quantitative estimate of drug-likeness (QED) is 0.668. The molecule has 0 saturated heterocycles. The number of nitrogens with zero attached hydrogens (tertiary/aromatic N) is 2. The standard InChI is InChI=1S/C12H22N4O/c1-10(2)6-13-7-11-8-14-9-16-12(11)15-4-5-17-3/h8-10,13H,4-7H2,1-3H3,(H,14,15,16). The maximum Gasteiger partial charge on any atom is 0.133 e. The second-order valence-electron chi connectivity index (χ2n) is 4.34. The topological polar surface area (TPSA) is 59.1 Å². The van der Waals surface area contributed by atoms with Gasteiger partial charge in [0, 0.05) is 32.0 Å². The van der Waals surface area contributed by atoms with Crippen LogP contribution in [0.25, 0.3) is 0 Å². The Kier molecular flexibility index (Phi) is 6.50. The van der Waals surface area contributed by atoms with Gasteiger partial charge in [-0.2, -0.15) is 0 Å². The van der Waals surface area contributed by atoms with E-state index in [4.69, 9.17) is 4.74 Å². The van der Waals surface area contributed by atoms with E-state index in [0.717, 1.165) is 31.0 Å². The Morgan fingerprint density at radius 2 is 2.24 bits per heavy atom. The Hall–Kier alpha value is -1.20. The molecule has 0 radical (unpaired) electrons. The predicted octanol–water partition coefficient (Wildman–Crippen LogP) is 1.28. The Labute approximate surface area is 103 Å². The maximum atomic E-state index is 4.99. The molecule has 1 aromatic rings. The average molecular weight is 238 g/mol. The molecule has 0 spiro atoms. The van der Waals surface area contributed by atoms with Crippen molar-refractivity contribution < 1.29 is 4.74 Å². The summed E-state index contributed by atoms with van der Waals surface area (Å²) in [7, 11) is 1.69. The van der Waals surface area contributed by atoms with E-state index in [9.17, 15) is 0 Å². The van der Waals surface area contributed by atoms with Gasteiger partial charge in [-0.3, -0.25) is 0 Å². The lowest BCUT2D eigenvalue weighted by molar-refractivity contribution is 0.210. The summed E-state index contributed by atoms with van der Waals surface area (Å²) in [5.74, 6) is 1.53. The molecule has 96 valence electrons. The first-order valence-electron chi connectivity index (χ1n) is 5.96. The van der Waals surface area contributed by atoms with Crippen molar-refractivity contribution in [1.29, 1.82) is 0 Å². The van der Waals surface area contributed by atoms with Crippen LogP contribution in [0.5, 0.6) is 0 Å². The van der Waals surface area contributed by atoms with Gasteiger partial charge in [0.2, 0.25) is 0 Å². The lowest BCUT2D eigenvalue weighted by Gasteiger charge is -2.11. The van der Waals surface area contributed by atoms with Crippen molar-refractivity contribution in [3.05, 3.63) is 18.1 Å². The first-order valence-corrected chi connectivity index (χ1v) is 5.96. The van der Waals surface area contributed by atoms with Crippen molar-refractivity contribution in [3.8, 4) is 0 Å². The van der Waals surface area contributed by atoms with Gasteiger partial charge < -0.3 is 15.4 Å². The third-order valence-corrected chi connectivity index (χ3v) is 2.25. The third-order valence-electron chi connectivity index (χ3n) is 2.25. The fourth-order valence-electron chi connectivity index (χ4n) is 1.41. The fraction of sp³-hybridized carbons (Fsp3) is 0.667. The number of hydrogen-bond donors (Lipinski definition) is 2. The van der Waals surface area contributed by atoms with E-state index in [1.807, 2.05) is 6.20 Å². The molecular formula is C12H22N4O. The highest BCUT2D eigenvalue weighted by Crippen LogP contribution is 2.09. The van der Waals surface area contributed by atoms with Crippen LogP contribution < -0.4 is 10.6 Å². The molecule has 0 aromatic carbocycles. The van der Waals surface area contributed by atoms with Crippen LogP contribution in [-0.2, 0) is 11.3 Å². The van der Waals surface area contributed by atoms with Crippen molar-refractivity contribution in [2.24, 2.45) is 5.92 Å². The molecule has 0 fully saturated rings. The van der Waals surface area contributed by atoms with Gasteiger partial charge in [0.25, 0.3) is 0 Å². The Bertz CT molecular complexity index is 317. The molecule has 5 heteroatoms. The molecule has 2 N–H and O–H groups in total. The number of methoxy groups -OCH3 is 1. The zero-order chi connectivity index (χ0) is 12.5. The van der Waals surface area contributed by atoms with E-state index in [2.05, 4.69) is 34.4 Å². The molecule has 5 nitrogen and oxygen atoms in total. The van der Waals surface area contributed by atoms with E-state index in [-0.39, 0.29) is 0 Å². The predicted molar refractivity (Wildman–Crippen MR) is 68.9 cm³/mol. The monoisotopic (exact) mass is 238 g/mol. The van der Waals surface area contributed by atoms with Crippen LogP contribution in [-0.4, -0.2) is 36.8 Å². The molecule has 0 atom stereocenters.